The Morgan fingerprint density at radius 1 is 1.06 bits per heavy atom. The lowest BCUT2D eigenvalue weighted by Gasteiger charge is -2.22. The van der Waals surface area contributed by atoms with Crippen LogP contribution in [0.2, 0.25) is 0 Å². The van der Waals surface area contributed by atoms with Gasteiger partial charge in [0.15, 0.2) is 0 Å². The SMILES string of the molecule is NCCN(CCCc1ccccc1)CC(F)(F)F. The quantitative estimate of drug-likeness (QED) is 0.816. The Hall–Kier alpha value is -1.07. The maximum absolute atomic E-state index is 12.3. The summed E-state index contributed by atoms with van der Waals surface area (Å²) >= 11 is 0. The van der Waals surface area contributed by atoms with Crippen molar-refractivity contribution in [1.29, 1.82) is 0 Å². The Morgan fingerprint density at radius 2 is 1.72 bits per heavy atom. The van der Waals surface area contributed by atoms with E-state index in [2.05, 4.69) is 0 Å². The minimum absolute atomic E-state index is 0.251. The molecule has 0 aliphatic rings. The number of halogens is 3. The van der Waals surface area contributed by atoms with E-state index in [0.29, 0.717) is 13.0 Å². The van der Waals surface area contributed by atoms with Crippen LogP contribution in [0.1, 0.15) is 12.0 Å². The first-order valence-electron chi connectivity index (χ1n) is 6.04. The average molecular weight is 260 g/mol. The fourth-order valence-corrected chi connectivity index (χ4v) is 1.86. The number of alkyl halides is 3. The van der Waals surface area contributed by atoms with Gasteiger partial charge >= 0.3 is 6.18 Å². The summed E-state index contributed by atoms with van der Waals surface area (Å²) in [7, 11) is 0. The topological polar surface area (TPSA) is 29.3 Å². The van der Waals surface area contributed by atoms with Gasteiger partial charge in [0.1, 0.15) is 0 Å². The van der Waals surface area contributed by atoms with Crippen molar-refractivity contribution in [1.82, 2.24) is 4.90 Å². The molecule has 0 amide bonds. The van der Waals surface area contributed by atoms with Gasteiger partial charge in [-0.2, -0.15) is 13.2 Å². The fraction of sp³-hybridized carbons (Fsp3) is 0.538. The van der Waals surface area contributed by atoms with Crippen LogP contribution in [-0.2, 0) is 6.42 Å². The molecule has 5 heteroatoms. The smallest absolute Gasteiger partial charge is 0.329 e. The summed E-state index contributed by atoms with van der Waals surface area (Å²) in [5.41, 5.74) is 6.47. The number of hydrogen-bond donors (Lipinski definition) is 1. The first kappa shape index (κ1) is 15.0. The summed E-state index contributed by atoms with van der Waals surface area (Å²) in [6, 6.07) is 9.76. The second-order valence-electron chi connectivity index (χ2n) is 4.27. The molecule has 1 aromatic rings. The van der Waals surface area contributed by atoms with Gasteiger partial charge in [-0.3, -0.25) is 4.90 Å². The third-order valence-electron chi connectivity index (χ3n) is 2.63. The molecular weight excluding hydrogens is 241 g/mol. The van der Waals surface area contributed by atoms with Crippen molar-refractivity contribution in [3.8, 4) is 0 Å². The van der Waals surface area contributed by atoms with E-state index < -0.39 is 12.7 Å². The molecule has 2 N–H and O–H groups in total. The molecule has 0 atom stereocenters. The summed E-state index contributed by atoms with van der Waals surface area (Å²) in [4.78, 5) is 1.36. The second-order valence-corrected chi connectivity index (χ2v) is 4.27. The largest absolute Gasteiger partial charge is 0.401 e. The van der Waals surface area contributed by atoms with E-state index >= 15 is 0 Å². The fourth-order valence-electron chi connectivity index (χ4n) is 1.86. The molecular formula is C13H19F3N2. The lowest BCUT2D eigenvalue weighted by atomic mass is 10.1. The molecule has 2 nitrogen and oxygen atoms in total. The van der Waals surface area contributed by atoms with Crippen LogP contribution in [0.3, 0.4) is 0 Å². The van der Waals surface area contributed by atoms with Gasteiger partial charge < -0.3 is 5.73 Å². The van der Waals surface area contributed by atoms with Crippen LogP contribution in [0.5, 0.6) is 0 Å². The van der Waals surface area contributed by atoms with Crippen molar-refractivity contribution in [2.75, 3.05) is 26.2 Å². The van der Waals surface area contributed by atoms with E-state index in [1.807, 2.05) is 30.3 Å². The third-order valence-corrected chi connectivity index (χ3v) is 2.63. The summed E-state index contributed by atoms with van der Waals surface area (Å²) in [5, 5.41) is 0. The Kier molecular flexibility index (Phi) is 6.15. The third kappa shape index (κ3) is 6.61. The van der Waals surface area contributed by atoms with Gasteiger partial charge in [-0.1, -0.05) is 30.3 Å². The predicted octanol–water partition coefficient (Wildman–Crippen LogP) is 2.44. The lowest BCUT2D eigenvalue weighted by Crippen LogP contribution is -2.38. The number of benzene rings is 1. The molecule has 0 saturated carbocycles. The zero-order chi connectivity index (χ0) is 13.4. The van der Waals surface area contributed by atoms with Crippen molar-refractivity contribution < 1.29 is 13.2 Å². The van der Waals surface area contributed by atoms with Crippen molar-refractivity contribution in [3.63, 3.8) is 0 Å². The van der Waals surface area contributed by atoms with Gasteiger partial charge in [0.05, 0.1) is 6.54 Å². The average Bonchev–Trinajstić information content (AvgIpc) is 2.28. The number of nitrogens with two attached hydrogens (primary N) is 1. The van der Waals surface area contributed by atoms with Crippen molar-refractivity contribution >= 4 is 0 Å². The van der Waals surface area contributed by atoms with E-state index in [0.717, 1.165) is 12.0 Å². The second kappa shape index (κ2) is 7.38. The molecule has 0 saturated heterocycles. The van der Waals surface area contributed by atoms with Gasteiger partial charge in [0.2, 0.25) is 0 Å². The van der Waals surface area contributed by atoms with Crippen LogP contribution in [-0.4, -0.2) is 37.3 Å². The highest BCUT2D eigenvalue weighted by Crippen LogP contribution is 2.16. The molecule has 102 valence electrons. The van der Waals surface area contributed by atoms with Gasteiger partial charge in [-0.05, 0) is 24.9 Å². The Balaban J connectivity index is 2.33. The summed E-state index contributed by atoms with van der Waals surface area (Å²) < 4.78 is 36.9. The van der Waals surface area contributed by atoms with E-state index in [1.165, 1.54) is 4.90 Å². The zero-order valence-corrected chi connectivity index (χ0v) is 10.3. The molecule has 0 fully saturated rings. The van der Waals surface area contributed by atoms with Crippen LogP contribution in [0, 0.1) is 0 Å². The molecule has 0 aliphatic carbocycles. The van der Waals surface area contributed by atoms with Crippen molar-refractivity contribution in [2.24, 2.45) is 5.73 Å². The number of hydrogen-bond acceptors (Lipinski definition) is 2. The van der Waals surface area contributed by atoms with Gasteiger partial charge in [0.25, 0.3) is 0 Å². The maximum atomic E-state index is 12.3. The van der Waals surface area contributed by atoms with Gasteiger partial charge in [-0.25, -0.2) is 0 Å². The highest BCUT2D eigenvalue weighted by molar-refractivity contribution is 5.14. The molecule has 0 radical (unpaired) electrons. The van der Waals surface area contributed by atoms with E-state index in [4.69, 9.17) is 5.73 Å². The summed E-state index contributed by atoms with van der Waals surface area (Å²) in [6.45, 7) is 0.0836. The van der Waals surface area contributed by atoms with E-state index in [-0.39, 0.29) is 13.1 Å². The molecule has 18 heavy (non-hydrogen) atoms. The van der Waals surface area contributed by atoms with Crippen molar-refractivity contribution in [2.45, 2.75) is 19.0 Å². The summed E-state index contributed by atoms with van der Waals surface area (Å²) in [5.74, 6) is 0. The first-order valence-corrected chi connectivity index (χ1v) is 6.04. The highest BCUT2D eigenvalue weighted by Gasteiger charge is 2.29. The number of rotatable bonds is 7. The van der Waals surface area contributed by atoms with Gasteiger partial charge in [0, 0.05) is 13.1 Å². The highest BCUT2D eigenvalue weighted by atomic mass is 19.4. The molecule has 1 aromatic carbocycles. The molecule has 0 heterocycles. The Morgan fingerprint density at radius 3 is 2.28 bits per heavy atom. The van der Waals surface area contributed by atoms with Crippen molar-refractivity contribution in [3.05, 3.63) is 35.9 Å². The lowest BCUT2D eigenvalue weighted by molar-refractivity contribution is -0.145. The molecule has 1 rings (SSSR count). The van der Waals surface area contributed by atoms with E-state index in [9.17, 15) is 13.2 Å². The minimum atomic E-state index is -4.15. The van der Waals surface area contributed by atoms with Crippen LogP contribution >= 0.6 is 0 Å². The normalized spacial score (nSPS) is 12.1. The molecule has 0 aromatic heterocycles. The molecule has 0 unspecified atom stereocenters. The Labute approximate surface area is 106 Å². The van der Waals surface area contributed by atoms with Crippen LogP contribution < -0.4 is 5.73 Å². The Bertz CT molecular complexity index is 325. The number of aryl methyl sites for hydroxylation is 1. The molecule has 0 spiro atoms. The van der Waals surface area contributed by atoms with E-state index in [1.54, 1.807) is 0 Å². The first-order chi connectivity index (χ1) is 8.51. The minimum Gasteiger partial charge on any atom is -0.329 e. The van der Waals surface area contributed by atoms with Gasteiger partial charge in [-0.15, -0.1) is 0 Å². The van der Waals surface area contributed by atoms with Crippen LogP contribution in [0.25, 0.3) is 0 Å². The maximum Gasteiger partial charge on any atom is 0.401 e. The monoisotopic (exact) mass is 260 g/mol. The molecule has 0 aliphatic heterocycles. The predicted molar refractivity (Wildman–Crippen MR) is 66.3 cm³/mol. The van der Waals surface area contributed by atoms with Crippen LogP contribution in [0.15, 0.2) is 30.3 Å². The standard InChI is InChI=1S/C13H19F3N2/c14-13(15,16)11-18(10-8-17)9-4-7-12-5-2-1-3-6-12/h1-3,5-6H,4,7-11,17H2. The molecule has 0 bridgehead atoms. The zero-order valence-electron chi connectivity index (χ0n) is 10.3. The number of nitrogens with zero attached hydrogens (tertiary/aromatic N) is 1. The summed E-state index contributed by atoms with van der Waals surface area (Å²) in [6.07, 6.45) is -2.65. The van der Waals surface area contributed by atoms with Crippen LogP contribution in [0.4, 0.5) is 13.2 Å².